The largest absolute Gasteiger partial charge is 0.299 e. The van der Waals surface area contributed by atoms with Crippen molar-refractivity contribution in [2.45, 2.75) is 71.3 Å². The lowest BCUT2D eigenvalue weighted by molar-refractivity contribution is -0.169. The zero-order chi connectivity index (χ0) is 14.2. The molecule has 5 rings (SSSR count). The fourth-order valence-corrected chi connectivity index (χ4v) is 7.19. The topological polar surface area (TPSA) is 20.3 Å². The molecule has 1 heterocycles. The average molecular weight is 275 g/mol. The van der Waals surface area contributed by atoms with Crippen LogP contribution in [0.2, 0.25) is 0 Å². The second kappa shape index (κ2) is 3.88. The number of hydrogen-bond donors (Lipinski definition) is 0. The van der Waals surface area contributed by atoms with Gasteiger partial charge in [0.05, 0.1) is 0 Å². The van der Waals surface area contributed by atoms with Crippen LogP contribution in [0, 0.1) is 22.7 Å². The maximum atomic E-state index is 11.9. The molecule has 4 aliphatic carbocycles. The highest BCUT2D eigenvalue weighted by atomic mass is 16.1. The van der Waals surface area contributed by atoms with Crippen molar-refractivity contribution < 1.29 is 4.79 Å². The number of hydrogen-bond acceptors (Lipinski definition) is 2. The van der Waals surface area contributed by atoms with Crippen LogP contribution < -0.4 is 0 Å². The Hall–Kier alpha value is -0.370. The first-order valence-corrected chi connectivity index (χ1v) is 8.59. The van der Waals surface area contributed by atoms with Crippen LogP contribution in [0.4, 0.5) is 0 Å². The molecule has 5 aliphatic rings. The molecule has 2 nitrogen and oxygen atoms in total. The van der Waals surface area contributed by atoms with Crippen LogP contribution in [-0.4, -0.2) is 29.3 Å². The number of ketones is 1. The fourth-order valence-electron chi connectivity index (χ4n) is 7.19. The van der Waals surface area contributed by atoms with Gasteiger partial charge in [-0.25, -0.2) is 0 Å². The van der Waals surface area contributed by atoms with E-state index in [0.29, 0.717) is 22.2 Å². The Morgan fingerprint density at radius 1 is 1.05 bits per heavy atom. The first-order valence-electron chi connectivity index (χ1n) is 8.59. The molecular weight excluding hydrogens is 246 g/mol. The lowest BCUT2D eigenvalue weighted by atomic mass is 9.42. The van der Waals surface area contributed by atoms with Gasteiger partial charge in [0, 0.05) is 31.0 Å². The van der Waals surface area contributed by atoms with Gasteiger partial charge in [-0.15, -0.1) is 0 Å². The summed E-state index contributed by atoms with van der Waals surface area (Å²) in [6.07, 6.45) is 9.38. The smallest absolute Gasteiger partial charge is 0.138 e. The van der Waals surface area contributed by atoms with E-state index in [1.54, 1.807) is 0 Å². The van der Waals surface area contributed by atoms with Crippen molar-refractivity contribution in [1.29, 1.82) is 0 Å². The second-order valence-corrected chi connectivity index (χ2v) is 9.42. The van der Waals surface area contributed by atoms with Crippen LogP contribution in [0.5, 0.6) is 0 Å². The summed E-state index contributed by atoms with van der Waals surface area (Å²) in [5, 5.41) is 0. The van der Waals surface area contributed by atoms with E-state index in [9.17, 15) is 4.79 Å². The van der Waals surface area contributed by atoms with Gasteiger partial charge in [0.1, 0.15) is 5.78 Å². The van der Waals surface area contributed by atoms with E-state index in [2.05, 4.69) is 25.7 Å². The Morgan fingerprint density at radius 3 is 2.25 bits per heavy atom. The van der Waals surface area contributed by atoms with Crippen LogP contribution in [-0.2, 0) is 4.79 Å². The molecule has 3 atom stereocenters. The van der Waals surface area contributed by atoms with Gasteiger partial charge in [0.2, 0.25) is 0 Å². The maximum Gasteiger partial charge on any atom is 0.138 e. The van der Waals surface area contributed by atoms with E-state index in [4.69, 9.17) is 0 Å². The molecule has 0 N–H and O–H groups in total. The summed E-state index contributed by atoms with van der Waals surface area (Å²) in [6.45, 7) is 9.28. The van der Waals surface area contributed by atoms with Gasteiger partial charge in [-0.1, -0.05) is 20.8 Å². The normalized spacial score (nSPS) is 55.5. The molecular formula is C18H29NO. The van der Waals surface area contributed by atoms with Gasteiger partial charge in [-0.05, 0) is 55.3 Å². The Morgan fingerprint density at radius 2 is 1.70 bits per heavy atom. The minimum Gasteiger partial charge on any atom is -0.299 e. The van der Waals surface area contributed by atoms with Gasteiger partial charge in [0.25, 0.3) is 0 Å². The Labute approximate surface area is 123 Å². The molecule has 0 radical (unpaired) electrons. The molecule has 4 bridgehead atoms. The standard InChI is InChI=1S/C18H29NO/c1-13-9-19(5-4-15(13)20)18-8-14-6-16(2,11-18)10-17(3,7-14)12-18/h13-14H,4-12H2,1-3H3. The highest BCUT2D eigenvalue weighted by Crippen LogP contribution is 2.67. The molecule has 4 saturated carbocycles. The van der Waals surface area contributed by atoms with Crippen molar-refractivity contribution in [3.63, 3.8) is 0 Å². The van der Waals surface area contributed by atoms with Gasteiger partial charge >= 0.3 is 0 Å². The van der Waals surface area contributed by atoms with E-state index in [1.165, 1.54) is 38.5 Å². The zero-order valence-electron chi connectivity index (χ0n) is 13.4. The Balaban J connectivity index is 1.65. The molecule has 112 valence electrons. The molecule has 0 amide bonds. The molecule has 2 heteroatoms. The Bertz CT molecular complexity index is 438. The molecule has 0 spiro atoms. The van der Waals surface area contributed by atoms with Gasteiger partial charge in [0.15, 0.2) is 0 Å². The molecule has 0 aromatic heterocycles. The minimum absolute atomic E-state index is 0.261. The Kier molecular flexibility index (Phi) is 2.58. The van der Waals surface area contributed by atoms with E-state index in [-0.39, 0.29) is 5.92 Å². The number of carbonyl (C=O) groups is 1. The van der Waals surface area contributed by atoms with Gasteiger partial charge < -0.3 is 0 Å². The maximum absolute atomic E-state index is 11.9. The van der Waals surface area contributed by atoms with Crippen molar-refractivity contribution >= 4 is 5.78 Å². The van der Waals surface area contributed by atoms with Crippen molar-refractivity contribution in [3.05, 3.63) is 0 Å². The predicted molar refractivity (Wildman–Crippen MR) is 80.5 cm³/mol. The van der Waals surface area contributed by atoms with Crippen LogP contribution in [0.25, 0.3) is 0 Å². The monoisotopic (exact) mass is 275 g/mol. The quantitative estimate of drug-likeness (QED) is 0.728. The number of Topliss-reactive ketones (excluding diaryl/α,β-unsaturated/α-hetero) is 1. The summed E-state index contributed by atoms with van der Waals surface area (Å²) in [5.74, 6) is 1.70. The SMILES string of the molecule is CC1CN(C23CC4CC(C)(CC(C)(C4)C2)C3)CCC1=O. The summed E-state index contributed by atoms with van der Waals surface area (Å²) in [7, 11) is 0. The molecule has 0 aromatic rings. The summed E-state index contributed by atoms with van der Waals surface area (Å²) in [5.41, 5.74) is 1.61. The summed E-state index contributed by atoms with van der Waals surface area (Å²) < 4.78 is 0. The summed E-state index contributed by atoms with van der Waals surface area (Å²) >= 11 is 0. The molecule has 5 fully saturated rings. The van der Waals surface area contributed by atoms with Crippen LogP contribution in [0.3, 0.4) is 0 Å². The van der Waals surface area contributed by atoms with Crippen LogP contribution in [0.15, 0.2) is 0 Å². The van der Waals surface area contributed by atoms with Crippen molar-refractivity contribution in [2.75, 3.05) is 13.1 Å². The zero-order valence-corrected chi connectivity index (χ0v) is 13.4. The van der Waals surface area contributed by atoms with E-state index >= 15 is 0 Å². The second-order valence-electron chi connectivity index (χ2n) is 9.42. The number of nitrogens with zero attached hydrogens (tertiary/aromatic N) is 1. The molecule has 0 aromatic carbocycles. The molecule has 1 aliphatic heterocycles. The first kappa shape index (κ1) is 13.3. The van der Waals surface area contributed by atoms with Gasteiger partial charge in [-0.2, -0.15) is 0 Å². The van der Waals surface area contributed by atoms with Crippen molar-refractivity contribution in [1.82, 2.24) is 4.90 Å². The third-order valence-electron chi connectivity index (χ3n) is 6.94. The number of carbonyl (C=O) groups excluding carboxylic acids is 1. The lowest BCUT2D eigenvalue weighted by Gasteiger charge is -2.68. The van der Waals surface area contributed by atoms with Crippen molar-refractivity contribution in [3.8, 4) is 0 Å². The summed E-state index contributed by atoms with van der Waals surface area (Å²) in [6, 6.07) is 0. The third-order valence-corrected chi connectivity index (χ3v) is 6.94. The lowest BCUT2D eigenvalue weighted by Crippen LogP contribution is -2.66. The van der Waals surface area contributed by atoms with E-state index < -0.39 is 0 Å². The molecule has 3 unspecified atom stereocenters. The molecule has 20 heavy (non-hydrogen) atoms. The third kappa shape index (κ3) is 1.83. The van der Waals surface area contributed by atoms with Gasteiger partial charge in [-0.3, -0.25) is 9.69 Å². The minimum atomic E-state index is 0.261. The number of rotatable bonds is 1. The van der Waals surface area contributed by atoms with Crippen LogP contribution in [0.1, 0.15) is 65.7 Å². The first-order chi connectivity index (χ1) is 9.32. The van der Waals surface area contributed by atoms with Crippen molar-refractivity contribution in [2.24, 2.45) is 22.7 Å². The molecule has 1 saturated heterocycles. The van der Waals surface area contributed by atoms with E-state index in [0.717, 1.165) is 25.4 Å². The number of piperidine rings is 1. The predicted octanol–water partition coefficient (Wildman–Crippen LogP) is 3.65. The average Bonchev–Trinajstić information content (AvgIpc) is 2.27. The number of likely N-dealkylation sites (tertiary alicyclic amines) is 1. The highest BCUT2D eigenvalue weighted by Gasteiger charge is 2.62. The highest BCUT2D eigenvalue weighted by molar-refractivity contribution is 5.81. The van der Waals surface area contributed by atoms with Crippen LogP contribution >= 0.6 is 0 Å². The summed E-state index contributed by atoms with van der Waals surface area (Å²) in [4.78, 5) is 14.6. The fraction of sp³-hybridized carbons (Fsp3) is 0.944. The van der Waals surface area contributed by atoms with E-state index in [1.807, 2.05) is 0 Å².